The van der Waals surface area contributed by atoms with Crippen molar-refractivity contribution in [1.82, 2.24) is 9.13 Å². The minimum atomic E-state index is 0.411. The lowest BCUT2D eigenvalue weighted by atomic mass is 9.99. The van der Waals surface area contributed by atoms with Crippen LogP contribution < -0.4 is 5.73 Å². The molecule has 8 aromatic rings. The van der Waals surface area contributed by atoms with Gasteiger partial charge in [0.25, 0.3) is 0 Å². The summed E-state index contributed by atoms with van der Waals surface area (Å²) in [5.74, 6) is 0.568. The average molecular weight is 553 g/mol. The Morgan fingerprint density at radius 3 is 1.72 bits per heavy atom. The molecule has 0 unspecified atom stereocenters. The van der Waals surface area contributed by atoms with Gasteiger partial charge in [0, 0.05) is 33.1 Å². The van der Waals surface area contributed by atoms with Crippen LogP contribution in [0.5, 0.6) is 0 Å². The number of anilines is 1. The molecule has 204 valence electrons. The third-order valence-corrected chi connectivity index (χ3v) is 8.37. The van der Waals surface area contributed by atoms with Crippen molar-refractivity contribution in [3.63, 3.8) is 0 Å². The minimum Gasteiger partial charge on any atom is -0.384 e. The Morgan fingerprint density at radius 1 is 0.465 bits per heavy atom. The highest BCUT2D eigenvalue weighted by Crippen LogP contribution is 2.36. The van der Waals surface area contributed by atoms with Gasteiger partial charge in [-0.3, -0.25) is 9.98 Å². The van der Waals surface area contributed by atoms with Gasteiger partial charge in [-0.05, 0) is 59.7 Å². The van der Waals surface area contributed by atoms with E-state index in [-0.39, 0.29) is 0 Å². The summed E-state index contributed by atoms with van der Waals surface area (Å²) < 4.78 is 4.35. The van der Waals surface area contributed by atoms with Crippen LogP contribution in [0.25, 0.3) is 55.2 Å². The Morgan fingerprint density at radius 2 is 1.00 bits per heavy atom. The molecule has 8 rings (SSSR count). The zero-order valence-electron chi connectivity index (χ0n) is 23.4. The van der Waals surface area contributed by atoms with Crippen LogP contribution in [-0.2, 0) is 0 Å². The van der Waals surface area contributed by atoms with E-state index >= 15 is 0 Å². The van der Waals surface area contributed by atoms with Crippen molar-refractivity contribution >= 4 is 44.2 Å². The van der Waals surface area contributed by atoms with Crippen LogP contribution in [0.1, 0.15) is 11.1 Å². The average Bonchev–Trinajstić information content (AvgIpc) is 3.56. The number of aromatic nitrogens is 2. The first-order valence-corrected chi connectivity index (χ1v) is 14.4. The van der Waals surface area contributed by atoms with Crippen molar-refractivity contribution in [1.29, 1.82) is 5.41 Å². The second kappa shape index (κ2) is 9.89. The summed E-state index contributed by atoms with van der Waals surface area (Å²) in [6.45, 7) is 0. The predicted octanol–water partition coefficient (Wildman–Crippen LogP) is 9.39. The molecule has 2 heterocycles. The van der Waals surface area contributed by atoms with Crippen LogP contribution in [0, 0.1) is 5.41 Å². The van der Waals surface area contributed by atoms with E-state index in [4.69, 9.17) is 5.73 Å². The molecule has 4 nitrogen and oxygen atoms in total. The molecule has 0 aliphatic carbocycles. The smallest absolute Gasteiger partial charge is 0.118 e. The quantitative estimate of drug-likeness (QED) is 0.205. The highest BCUT2D eigenvalue weighted by molar-refractivity contribution is 6.23. The van der Waals surface area contributed by atoms with Gasteiger partial charge in [-0.25, -0.2) is 0 Å². The standard InChI is InChI=1S/C39H28N4/c40-38(37-32-16-8-10-18-35(32)43(39(37)41)29-13-5-2-6-14-29)28-21-24-36-33(25-28)31-15-7-9-17-34(31)42(36)30-22-19-27(20-23-30)26-11-3-1-4-12-26/h1-25,40H,41H2. The fourth-order valence-electron chi connectivity index (χ4n) is 6.36. The first kappa shape index (κ1) is 24.9. The van der Waals surface area contributed by atoms with E-state index in [0.29, 0.717) is 11.5 Å². The van der Waals surface area contributed by atoms with Gasteiger partial charge >= 0.3 is 0 Å². The minimum absolute atomic E-state index is 0.411. The van der Waals surface area contributed by atoms with Gasteiger partial charge in [0.15, 0.2) is 0 Å². The molecule has 0 aliphatic heterocycles. The van der Waals surface area contributed by atoms with Gasteiger partial charge in [-0.1, -0.05) is 103 Å². The second-order valence-electron chi connectivity index (χ2n) is 10.8. The first-order chi connectivity index (χ1) is 21.2. The van der Waals surface area contributed by atoms with Crippen LogP contribution >= 0.6 is 0 Å². The topological polar surface area (TPSA) is 59.7 Å². The zero-order chi connectivity index (χ0) is 28.9. The van der Waals surface area contributed by atoms with E-state index in [2.05, 4.69) is 102 Å². The SMILES string of the molecule is N=C(c1ccc2c(c1)c1ccccc1n2-c1ccc(-c2ccccc2)cc1)c1c(N)n(-c2ccccc2)c2ccccc12. The van der Waals surface area contributed by atoms with E-state index < -0.39 is 0 Å². The number of para-hydroxylation sites is 3. The third-order valence-electron chi connectivity index (χ3n) is 8.37. The van der Waals surface area contributed by atoms with E-state index in [1.54, 1.807) is 0 Å². The molecule has 4 heteroatoms. The molecule has 0 saturated heterocycles. The molecule has 0 fully saturated rings. The third kappa shape index (κ3) is 3.96. The molecular weight excluding hydrogens is 524 g/mol. The summed E-state index contributed by atoms with van der Waals surface area (Å²) in [7, 11) is 0. The number of nitrogens with one attached hydrogen (secondary N) is 1. The summed E-state index contributed by atoms with van der Waals surface area (Å²) in [5, 5.41) is 12.7. The number of fused-ring (bicyclic) bond motifs is 4. The number of rotatable bonds is 5. The maximum Gasteiger partial charge on any atom is 0.118 e. The fourth-order valence-corrected chi connectivity index (χ4v) is 6.36. The predicted molar refractivity (Wildman–Crippen MR) is 180 cm³/mol. The van der Waals surface area contributed by atoms with Gasteiger partial charge in [0.2, 0.25) is 0 Å². The van der Waals surface area contributed by atoms with Crippen LogP contribution in [0.15, 0.2) is 152 Å². The molecule has 0 aliphatic rings. The maximum absolute atomic E-state index is 9.43. The van der Waals surface area contributed by atoms with Gasteiger partial charge in [-0.15, -0.1) is 0 Å². The normalized spacial score (nSPS) is 11.4. The van der Waals surface area contributed by atoms with Crippen molar-refractivity contribution in [2.24, 2.45) is 0 Å². The molecule has 0 bridgehead atoms. The lowest BCUT2D eigenvalue weighted by molar-refractivity contribution is 1.14. The zero-order valence-corrected chi connectivity index (χ0v) is 23.4. The molecule has 0 radical (unpaired) electrons. The van der Waals surface area contributed by atoms with Crippen molar-refractivity contribution in [3.05, 3.63) is 163 Å². The van der Waals surface area contributed by atoms with Crippen LogP contribution in [0.3, 0.4) is 0 Å². The summed E-state index contributed by atoms with van der Waals surface area (Å²) in [5.41, 5.74) is 16.5. The van der Waals surface area contributed by atoms with E-state index in [1.807, 2.05) is 59.2 Å². The Balaban J connectivity index is 1.27. The van der Waals surface area contributed by atoms with E-state index in [1.165, 1.54) is 11.1 Å². The van der Waals surface area contributed by atoms with Gasteiger partial charge in [-0.2, -0.15) is 0 Å². The monoisotopic (exact) mass is 552 g/mol. The highest BCUT2D eigenvalue weighted by Gasteiger charge is 2.21. The molecule has 0 atom stereocenters. The molecule has 6 aromatic carbocycles. The van der Waals surface area contributed by atoms with E-state index in [0.717, 1.165) is 55.2 Å². The molecular formula is C39H28N4. The summed E-state index contributed by atoms with van der Waals surface area (Å²) in [6.07, 6.45) is 0. The molecule has 2 aromatic heterocycles. The summed E-state index contributed by atoms with van der Waals surface area (Å²) >= 11 is 0. The lowest BCUT2D eigenvalue weighted by Crippen LogP contribution is -2.07. The van der Waals surface area contributed by atoms with Gasteiger partial charge < -0.3 is 10.3 Å². The molecule has 0 saturated carbocycles. The number of nitrogens with zero attached hydrogens (tertiary/aromatic N) is 2. The van der Waals surface area contributed by atoms with Gasteiger partial charge in [0.1, 0.15) is 5.82 Å². The second-order valence-corrected chi connectivity index (χ2v) is 10.8. The number of hydrogen-bond donors (Lipinski definition) is 2. The van der Waals surface area contributed by atoms with Crippen molar-refractivity contribution < 1.29 is 0 Å². The summed E-state index contributed by atoms with van der Waals surface area (Å²) in [6, 6.07) is 52.2. The molecule has 0 spiro atoms. The Kier molecular flexibility index (Phi) is 5.73. The maximum atomic E-state index is 9.43. The lowest BCUT2D eigenvalue weighted by Gasteiger charge is -2.11. The van der Waals surface area contributed by atoms with Crippen LogP contribution in [-0.4, -0.2) is 14.8 Å². The number of nitrogens with two attached hydrogens (primary N) is 1. The Hall–Kier alpha value is -5.87. The van der Waals surface area contributed by atoms with Gasteiger partial charge in [0.05, 0.1) is 27.8 Å². The molecule has 43 heavy (non-hydrogen) atoms. The Labute approximate surface area is 249 Å². The molecule has 3 N–H and O–H groups in total. The molecule has 0 amide bonds. The largest absolute Gasteiger partial charge is 0.384 e. The number of nitrogen functional groups attached to an aromatic ring is 1. The number of benzene rings is 6. The van der Waals surface area contributed by atoms with Crippen LogP contribution in [0.2, 0.25) is 0 Å². The first-order valence-electron chi connectivity index (χ1n) is 14.4. The fraction of sp³-hybridized carbons (Fsp3) is 0. The Bertz CT molecular complexity index is 2290. The van der Waals surface area contributed by atoms with Crippen molar-refractivity contribution in [3.8, 4) is 22.5 Å². The summed E-state index contributed by atoms with van der Waals surface area (Å²) in [4.78, 5) is 0. The van der Waals surface area contributed by atoms with E-state index in [9.17, 15) is 5.41 Å². The van der Waals surface area contributed by atoms with Crippen molar-refractivity contribution in [2.75, 3.05) is 5.73 Å². The van der Waals surface area contributed by atoms with Crippen LogP contribution in [0.4, 0.5) is 5.82 Å². The highest BCUT2D eigenvalue weighted by atomic mass is 15.1. The number of hydrogen-bond acceptors (Lipinski definition) is 2. The van der Waals surface area contributed by atoms with Crippen molar-refractivity contribution in [2.45, 2.75) is 0 Å².